The van der Waals surface area contributed by atoms with E-state index in [1.165, 1.54) is 17.6 Å². The predicted octanol–water partition coefficient (Wildman–Crippen LogP) is 5.37. The van der Waals surface area contributed by atoms with Crippen molar-refractivity contribution in [3.8, 4) is 5.75 Å². The van der Waals surface area contributed by atoms with Crippen molar-refractivity contribution < 1.29 is 13.9 Å². The Labute approximate surface area is 158 Å². The van der Waals surface area contributed by atoms with E-state index in [2.05, 4.69) is 10.3 Å². The molecule has 0 aliphatic rings. The molecule has 2 aromatic heterocycles. The van der Waals surface area contributed by atoms with Gasteiger partial charge in [-0.05, 0) is 36.4 Å². The van der Waals surface area contributed by atoms with Gasteiger partial charge in [0.1, 0.15) is 12.4 Å². The van der Waals surface area contributed by atoms with E-state index in [0.29, 0.717) is 15.7 Å². The Balaban J connectivity index is 1.48. The molecule has 0 aliphatic carbocycles. The monoisotopic (exact) mass is 384 g/mol. The number of rotatable bonds is 5. The molecule has 7 heteroatoms. The molecule has 2 aromatic carbocycles. The largest absolute Gasteiger partial charge is 0.489 e. The van der Waals surface area contributed by atoms with E-state index < -0.39 is 0 Å². The first-order valence-corrected chi connectivity index (χ1v) is 9.00. The van der Waals surface area contributed by atoms with Gasteiger partial charge in [-0.3, -0.25) is 10.1 Å². The molecule has 0 fully saturated rings. The number of carbonyl (C=O) groups excluding carboxylic acids is 1. The molecule has 1 N–H and O–H groups in total. The maximum Gasteiger partial charge on any atom is 0.293 e. The Morgan fingerprint density at radius 2 is 2.04 bits per heavy atom. The van der Waals surface area contributed by atoms with Crippen LogP contribution in [0.3, 0.4) is 0 Å². The van der Waals surface area contributed by atoms with E-state index in [0.717, 1.165) is 16.0 Å². The molecule has 4 aromatic rings. The van der Waals surface area contributed by atoms with Crippen LogP contribution < -0.4 is 10.1 Å². The SMILES string of the molecule is O=C(Nc1nc2ccc(Cl)cc2s1)c1occc1COc1ccccc1. The van der Waals surface area contributed by atoms with Crippen molar-refractivity contribution in [2.75, 3.05) is 5.32 Å². The van der Waals surface area contributed by atoms with Gasteiger partial charge in [0, 0.05) is 10.6 Å². The van der Waals surface area contributed by atoms with Crippen LogP contribution in [0.25, 0.3) is 10.2 Å². The molecule has 0 unspecified atom stereocenters. The summed E-state index contributed by atoms with van der Waals surface area (Å²) in [4.78, 5) is 16.9. The highest BCUT2D eigenvalue weighted by Crippen LogP contribution is 2.29. The third kappa shape index (κ3) is 3.56. The molecule has 0 saturated heterocycles. The van der Waals surface area contributed by atoms with E-state index >= 15 is 0 Å². The van der Waals surface area contributed by atoms with E-state index in [1.807, 2.05) is 42.5 Å². The molecule has 5 nitrogen and oxygen atoms in total. The molecule has 1 amide bonds. The Bertz CT molecular complexity index is 1060. The summed E-state index contributed by atoms with van der Waals surface area (Å²) in [7, 11) is 0. The second-order valence-electron chi connectivity index (χ2n) is 5.46. The van der Waals surface area contributed by atoms with Gasteiger partial charge < -0.3 is 9.15 Å². The van der Waals surface area contributed by atoms with Gasteiger partial charge in [0.05, 0.1) is 16.5 Å². The number of furan rings is 1. The molecule has 2 heterocycles. The molecule has 130 valence electrons. The van der Waals surface area contributed by atoms with Crippen molar-refractivity contribution in [3.05, 3.63) is 77.2 Å². The number of amides is 1. The number of ether oxygens (including phenoxy) is 1. The van der Waals surface area contributed by atoms with Crippen molar-refractivity contribution in [1.29, 1.82) is 0 Å². The fraction of sp³-hybridized carbons (Fsp3) is 0.0526. The molecule has 0 aliphatic heterocycles. The first-order valence-electron chi connectivity index (χ1n) is 7.81. The third-order valence-corrected chi connectivity index (χ3v) is 4.83. The number of benzene rings is 2. The van der Waals surface area contributed by atoms with Crippen molar-refractivity contribution in [2.24, 2.45) is 0 Å². The van der Waals surface area contributed by atoms with Crippen LogP contribution in [0.2, 0.25) is 5.02 Å². The van der Waals surface area contributed by atoms with Crippen LogP contribution in [0.15, 0.2) is 65.3 Å². The third-order valence-electron chi connectivity index (χ3n) is 3.66. The van der Waals surface area contributed by atoms with Crippen molar-refractivity contribution in [3.63, 3.8) is 0 Å². The van der Waals surface area contributed by atoms with E-state index in [4.69, 9.17) is 20.8 Å². The minimum atomic E-state index is -0.369. The summed E-state index contributed by atoms with van der Waals surface area (Å²) < 4.78 is 11.9. The quantitative estimate of drug-likeness (QED) is 0.502. The fourth-order valence-corrected chi connectivity index (χ4v) is 3.57. The van der Waals surface area contributed by atoms with Gasteiger partial charge in [-0.2, -0.15) is 0 Å². The van der Waals surface area contributed by atoms with Gasteiger partial charge in [-0.1, -0.05) is 41.1 Å². The number of para-hydroxylation sites is 1. The number of aromatic nitrogens is 1. The molecule has 0 radical (unpaired) electrons. The molecule has 0 atom stereocenters. The highest BCUT2D eigenvalue weighted by Gasteiger charge is 2.18. The van der Waals surface area contributed by atoms with E-state index in [1.54, 1.807) is 12.1 Å². The zero-order valence-corrected chi connectivity index (χ0v) is 15.0. The maximum absolute atomic E-state index is 12.5. The Hall–Kier alpha value is -2.83. The first-order chi connectivity index (χ1) is 12.7. The molecule has 0 spiro atoms. The minimum absolute atomic E-state index is 0.207. The highest BCUT2D eigenvalue weighted by atomic mass is 35.5. The van der Waals surface area contributed by atoms with Gasteiger partial charge in [-0.25, -0.2) is 4.98 Å². The standard InChI is InChI=1S/C19H13ClN2O3S/c20-13-6-7-15-16(10-13)26-19(21-15)22-18(23)17-12(8-9-24-17)11-25-14-4-2-1-3-5-14/h1-10H,11H2,(H,21,22,23). The number of thiazole rings is 1. The summed E-state index contributed by atoms with van der Waals surface area (Å²) in [5.41, 5.74) is 1.44. The van der Waals surface area contributed by atoms with Crippen molar-refractivity contribution in [1.82, 2.24) is 4.98 Å². The van der Waals surface area contributed by atoms with Crippen LogP contribution in [0.4, 0.5) is 5.13 Å². The molecular weight excluding hydrogens is 372 g/mol. The fourth-order valence-electron chi connectivity index (χ4n) is 2.43. The lowest BCUT2D eigenvalue weighted by Gasteiger charge is -2.06. The summed E-state index contributed by atoms with van der Waals surface area (Å²) in [5, 5.41) is 3.88. The Kier molecular flexibility index (Phi) is 4.60. The second kappa shape index (κ2) is 7.19. The summed E-state index contributed by atoms with van der Waals surface area (Å²) in [6.07, 6.45) is 1.47. The van der Waals surface area contributed by atoms with E-state index in [9.17, 15) is 4.79 Å². The number of carbonyl (C=O) groups is 1. The molecule has 4 rings (SSSR count). The number of fused-ring (bicyclic) bond motifs is 1. The smallest absolute Gasteiger partial charge is 0.293 e. The number of anilines is 1. The van der Waals surface area contributed by atoms with Crippen LogP contribution >= 0.6 is 22.9 Å². The number of hydrogen-bond acceptors (Lipinski definition) is 5. The van der Waals surface area contributed by atoms with Crippen LogP contribution in [0.5, 0.6) is 5.75 Å². The summed E-state index contributed by atoms with van der Waals surface area (Å²) in [6, 6.07) is 16.5. The normalized spacial score (nSPS) is 10.8. The van der Waals surface area contributed by atoms with Gasteiger partial charge in [0.2, 0.25) is 0 Å². The Morgan fingerprint density at radius 1 is 1.19 bits per heavy atom. The van der Waals surface area contributed by atoms with Crippen molar-refractivity contribution >= 4 is 44.2 Å². The van der Waals surface area contributed by atoms with E-state index in [-0.39, 0.29) is 18.3 Å². The number of hydrogen-bond donors (Lipinski definition) is 1. The number of halogens is 1. The van der Waals surface area contributed by atoms with Crippen LogP contribution in [-0.4, -0.2) is 10.9 Å². The lowest BCUT2D eigenvalue weighted by atomic mass is 10.2. The number of nitrogens with zero attached hydrogens (tertiary/aromatic N) is 1. The van der Waals surface area contributed by atoms with Crippen LogP contribution in [0, 0.1) is 0 Å². The molecule has 26 heavy (non-hydrogen) atoms. The van der Waals surface area contributed by atoms with Gasteiger partial charge in [0.15, 0.2) is 10.9 Å². The maximum atomic E-state index is 12.5. The van der Waals surface area contributed by atoms with Gasteiger partial charge in [0.25, 0.3) is 5.91 Å². The lowest BCUT2D eigenvalue weighted by Crippen LogP contribution is -2.13. The highest BCUT2D eigenvalue weighted by molar-refractivity contribution is 7.22. The van der Waals surface area contributed by atoms with Crippen molar-refractivity contribution in [2.45, 2.75) is 6.61 Å². The Morgan fingerprint density at radius 3 is 2.88 bits per heavy atom. The number of nitrogens with one attached hydrogen (secondary N) is 1. The first kappa shape index (κ1) is 16.6. The summed E-state index contributed by atoms with van der Waals surface area (Å²) in [6.45, 7) is 0.235. The minimum Gasteiger partial charge on any atom is -0.489 e. The van der Waals surface area contributed by atoms with Gasteiger partial charge >= 0.3 is 0 Å². The molecule has 0 saturated carbocycles. The van der Waals surface area contributed by atoms with Crippen LogP contribution in [0.1, 0.15) is 16.1 Å². The summed E-state index contributed by atoms with van der Waals surface area (Å²) >= 11 is 7.34. The zero-order chi connectivity index (χ0) is 17.9. The lowest BCUT2D eigenvalue weighted by molar-refractivity contribution is 0.0993. The topological polar surface area (TPSA) is 64.4 Å². The second-order valence-corrected chi connectivity index (χ2v) is 6.93. The van der Waals surface area contributed by atoms with Gasteiger partial charge in [-0.15, -0.1) is 0 Å². The van der Waals surface area contributed by atoms with Crippen LogP contribution in [-0.2, 0) is 6.61 Å². The predicted molar refractivity (Wildman–Crippen MR) is 102 cm³/mol. The summed E-state index contributed by atoms with van der Waals surface area (Å²) in [5.74, 6) is 0.563. The zero-order valence-electron chi connectivity index (χ0n) is 13.4. The molecule has 0 bridgehead atoms. The average Bonchev–Trinajstić information content (AvgIpc) is 3.26. The average molecular weight is 385 g/mol. The molecular formula is C19H13ClN2O3S.